The van der Waals surface area contributed by atoms with E-state index in [-0.39, 0.29) is 6.42 Å². The Hall–Kier alpha value is -1.55. The van der Waals surface area contributed by atoms with Gasteiger partial charge in [-0.15, -0.1) is 0 Å². The maximum absolute atomic E-state index is 10.8. The molecule has 2 saturated carbocycles. The van der Waals surface area contributed by atoms with E-state index in [1.165, 1.54) is 43.2 Å². The molecule has 4 rings (SSSR count). The van der Waals surface area contributed by atoms with Crippen molar-refractivity contribution < 1.29 is 15.0 Å². The predicted molar refractivity (Wildman–Crippen MR) is 96.8 cm³/mol. The summed E-state index contributed by atoms with van der Waals surface area (Å²) < 4.78 is 0. The van der Waals surface area contributed by atoms with Crippen LogP contribution < -0.4 is 5.32 Å². The van der Waals surface area contributed by atoms with Crippen LogP contribution >= 0.6 is 0 Å². The molecule has 0 radical (unpaired) electrons. The van der Waals surface area contributed by atoms with Crippen molar-refractivity contribution in [2.24, 2.45) is 17.3 Å². The summed E-state index contributed by atoms with van der Waals surface area (Å²) in [7, 11) is 0. The minimum absolute atomic E-state index is 0.209. The highest BCUT2D eigenvalue weighted by atomic mass is 16.4. The molecule has 4 nitrogen and oxygen atoms in total. The summed E-state index contributed by atoms with van der Waals surface area (Å²) >= 11 is 0. The molecule has 4 unspecified atom stereocenters. The molecule has 3 aliphatic rings. The fourth-order valence-corrected chi connectivity index (χ4v) is 6.26. The van der Waals surface area contributed by atoms with Crippen molar-refractivity contribution >= 4 is 5.97 Å². The van der Waals surface area contributed by atoms with E-state index < -0.39 is 5.97 Å². The van der Waals surface area contributed by atoms with Crippen molar-refractivity contribution in [3.8, 4) is 5.75 Å². The Morgan fingerprint density at radius 2 is 2.12 bits per heavy atom. The molecule has 3 aliphatic carbocycles. The molecule has 0 aliphatic heterocycles. The van der Waals surface area contributed by atoms with Gasteiger partial charge in [-0.3, -0.25) is 4.79 Å². The van der Waals surface area contributed by atoms with Gasteiger partial charge in [0.05, 0.1) is 6.42 Å². The molecule has 0 bridgehead atoms. The molecule has 0 amide bonds. The largest absolute Gasteiger partial charge is 0.508 e. The first-order chi connectivity index (χ1) is 12.0. The molecule has 0 saturated heterocycles. The van der Waals surface area contributed by atoms with Crippen LogP contribution in [0.5, 0.6) is 5.75 Å². The van der Waals surface area contributed by atoms with Crippen molar-refractivity contribution in [1.29, 1.82) is 0 Å². The second-order valence-electron chi connectivity index (χ2n) is 8.57. The van der Waals surface area contributed by atoms with Crippen molar-refractivity contribution in [3.63, 3.8) is 0 Å². The number of benzene rings is 1. The molecular weight excluding hydrogens is 314 g/mol. The Morgan fingerprint density at radius 3 is 2.92 bits per heavy atom. The lowest BCUT2D eigenvalue weighted by atomic mass is 9.55. The van der Waals surface area contributed by atoms with Crippen molar-refractivity contribution in [3.05, 3.63) is 29.3 Å². The van der Waals surface area contributed by atoms with Gasteiger partial charge in [0.2, 0.25) is 0 Å². The highest BCUT2D eigenvalue weighted by Gasteiger charge is 2.54. The number of rotatable bonds is 4. The Bertz CT molecular complexity index is 673. The summed E-state index contributed by atoms with van der Waals surface area (Å²) in [4.78, 5) is 10.8. The van der Waals surface area contributed by atoms with Gasteiger partial charge in [0.1, 0.15) is 5.75 Å². The van der Waals surface area contributed by atoms with Gasteiger partial charge < -0.3 is 15.5 Å². The maximum Gasteiger partial charge on any atom is 0.304 e. The maximum atomic E-state index is 10.8. The number of aryl methyl sites for hydroxylation is 1. The highest BCUT2D eigenvalue weighted by Crippen LogP contribution is 2.60. The van der Waals surface area contributed by atoms with Crippen molar-refractivity contribution in [1.82, 2.24) is 5.32 Å². The van der Waals surface area contributed by atoms with Gasteiger partial charge in [-0.2, -0.15) is 0 Å². The first-order valence-electron chi connectivity index (χ1n) is 9.76. The summed E-state index contributed by atoms with van der Waals surface area (Å²) in [5.74, 6) is 1.78. The van der Waals surface area contributed by atoms with Crippen molar-refractivity contribution in [2.45, 2.75) is 63.8 Å². The summed E-state index contributed by atoms with van der Waals surface area (Å²) in [6, 6.07) is 6.42. The lowest BCUT2D eigenvalue weighted by Gasteiger charge is -2.51. The Kier molecular flexibility index (Phi) is 4.27. The summed E-state index contributed by atoms with van der Waals surface area (Å²) in [6.45, 7) is 3.02. The van der Waals surface area contributed by atoms with Gasteiger partial charge >= 0.3 is 5.97 Å². The molecule has 0 aromatic heterocycles. The molecule has 0 heterocycles. The number of nitrogens with one attached hydrogen (secondary N) is 1. The SMILES string of the molecule is C[C@]12CCC3c4ccc(O)cc4CCC3C1CCC2NCCC(=O)O. The van der Waals surface area contributed by atoms with Gasteiger partial charge in [-0.1, -0.05) is 13.0 Å². The fourth-order valence-electron chi connectivity index (χ4n) is 6.26. The quantitative estimate of drug-likeness (QED) is 0.780. The Balaban J connectivity index is 1.52. The van der Waals surface area contributed by atoms with E-state index >= 15 is 0 Å². The number of hydrogen-bond donors (Lipinski definition) is 3. The van der Waals surface area contributed by atoms with Crippen LogP contribution in [0, 0.1) is 17.3 Å². The number of aromatic hydroxyl groups is 1. The molecule has 136 valence electrons. The second-order valence-corrected chi connectivity index (χ2v) is 8.57. The average molecular weight is 343 g/mol. The average Bonchev–Trinajstić information content (AvgIpc) is 2.91. The Morgan fingerprint density at radius 1 is 1.28 bits per heavy atom. The van der Waals surface area contributed by atoms with Crippen LogP contribution in [0.25, 0.3) is 0 Å². The molecule has 25 heavy (non-hydrogen) atoms. The standard InChI is InChI=1S/C21H29NO3/c1-21-10-8-16-15-5-3-14(23)12-13(15)2-4-17(16)18(21)6-7-19(21)22-11-9-20(24)25/h3,5,12,16-19,22-23H,2,4,6-11H2,1H3,(H,24,25)/t16?,17?,18?,19?,21-/m0/s1. The molecule has 1 aromatic rings. The number of hydrogen-bond acceptors (Lipinski definition) is 3. The number of fused-ring (bicyclic) bond motifs is 5. The zero-order chi connectivity index (χ0) is 17.6. The van der Waals surface area contributed by atoms with Gasteiger partial charge in [-0.05, 0) is 85.0 Å². The van der Waals surface area contributed by atoms with Gasteiger partial charge in [0.15, 0.2) is 0 Å². The second kappa shape index (κ2) is 6.31. The van der Waals surface area contributed by atoms with E-state index in [2.05, 4.69) is 18.3 Å². The third-order valence-electron chi connectivity index (χ3n) is 7.44. The minimum atomic E-state index is -0.719. The van der Waals surface area contributed by atoms with Gasteiger partial charge in [0.25, 0.3) is 0 Å². The number of phenolic OH excluding ortho intramolecular Hbond substituents is 1. The van der Waals surface area contributed by atoms with E-state index in [9.17, 15) is 9.90 Å². The fraction of sp³-hybridized carbons (Fsp3) is 0.667. The van der Waals surface area contributed by atoms with E-state index in [1.807, 2.05) is 12.1 Å². The molecule has 2 fully saturated rings. The Labute approximate surface area is 149 Å². The number of carboxylic acids is 1. The molecule has 1 aromatic carbocycles. The van der Waals surface area contributed by atoms with E-state index in [0.29, 0.717) is 29.7 Å². The van der Waals surface area contributed by atoms with Gasteiger partial charge in [0, 0.05) is 12.6 Å². The third kappa shape index (κ3) is 2.84. The molecule has 4 heteroatoms. The van der Waals surface area contributed by atoms with Gasteiger partial charge in [-0.25, -0.2) is 0 Å². The monoisotopic (exact) mass is 343 g/mol. The molecular formula is C21H29NO3. The topological polar surface area (TPSA) is 69.6 Å². The van der Waals surface area contributed by atoms with Crippen molar-refractivity contribution in [2.75, 3.05) is 6.54 Å². The number of carbonyl (C=O) groups is 1. The zero-order valence-electron chi connectivity index (χ0n) is 15.0. The van der Waals surface area contributed by atoms with Crippen LogP contribution in [0.4, 0.5) is 0 Å². The van der Waals surface area contributed by atoms with E-state index in [0.717, 1.165) is 18.3 Å². The zero-order valence-corrected chi connectivity index (χ0v) is 15.0. The van der Waals surface area contributed by atoms with E-state index in [1.54, 1.807) is 0 Å². The lowest BCUT2D eigenvalue weighted by molar-refractivity contribution is -0.136. The van der Waals surface area contributed by atoms with Crippen LogP contribution in [-0.2, 0) is 11.2 Å². The first kappa shape index (κ1) is 16.9. The normalized spacial score (nSPS) is 36.4. The summed E-state index contributed by atoms with van der Waals surface area (Å²) in [5.41, 5.74) is 3.12. The summed E-state index contributed by atoms with van der Waals surface area (Å²) in [5, 5.41) is 22.2. The molecule has 5 atom stereocenters. The van der Waals surface area contributed by atoms with Crippen LogP contribution in [0.3, 0.4) is 0 Å². The third-order valence-corrected chi connectivity index (χ3v) is 7.44. The first-order valence-corrected chi connectivity index (χ1v) is 9.76. The van der Waals surface area contributed by atoms with Crippen LogP contribution in [0.15, 0.2) is 18.2 Å². The number of phenols is 1. The predicted octanol–water partition coefficient (Wildman–Crippen LogP) is 3.68. The van der Waals surface area contributed by atoms with Crippen LogP contribution in [-0.4, -0.2) is 28.8 Å². The van der Waals surface area contributed by atoms with E-state index in [4.69, 9.17) is 5.11 Å². The minimum Gasteiger partial charge on any atom is -0.508 e. The summed E-state index contributed by atoms with van der Waals surface area (Å²) in [6.07, 6.45) is 7.37. The number of carboxylic acid groups (broad SMARTS) is 1. The van der Waals surface area contributed by atoms with Crippen LogP contribution in [0.2, 0.25) is 0 Å². The smallest absolute Gasteiger partial charge is 0.304 e. The molecule has 0 spiro atoms. The number of aliphatic carboxylic acids is 1. The highest BCUT2D eigenvalue weighted by molar-refractivity contribution is 5.66. The molecule has 3 N–H and O–H groups in total. The van der Waals surface area contributed by atoms with Crippen LogP contribution in [0.1, 0.15) is 62.5 Å². The lowest BCUT2D eigenvalue weighted by Crippen LogP contribution is -2.49.